The predicted octanol–water partition coefficient (Wildman–Crippen LogP) is -0.118. The Kier molecular flexibility index (Phi) is 4.84. The molecule has 1 aliphatic carbocycles. The van der Waals surface area contributed by atoms with Crippen molar-refractivity contribution in [3.05, 3.63) is 18.1 Å². The number of aliphatic hydroxyl groups is 1. The van der Waals surface area contributed by atoms with Crippen molar-refractivity contribution in [1.29, 1.82) is 0 Å². The van der Waals surface area contributed by atoms with Crippen molar-refractivity contribution >= 4 is 15.7 Å². The summed E-state index contributed by atoms with van der Waals surface area (Å²) in [5, 5.41) is 9.43. The first kappa shape index (κ1) is 16.6. The van der Waals surface area contributed by atoms with Gasteiger partial charge in [-0.15, -0.1) is 0 Å². The first-order chi connectivity index (χ1) is 10.9. The van der Waals surface area contributed by atoms with Crippen LogP contribution in [0.4, 0.5) is 5.82 Å². The molecule has 1 aliphatic heterocycles. The summed E-state index contributed by atoms with van der Waals surface area (Å²) in [4.78, 5) is 13.1. The van der Waals surface area contributed by atoms with E-state index in [9.17, 15) is 13.5 Å². The molecule has 7 nitrogen and oxygen atoms in total. The maximum Gasteiger partial charge on any atom is 0.148 e. The van der Waals surface area contributed by atoms with Crippen LogP contribution in [0.25, 0.3) is 0 Å². The number of aliphatic hydroxyl groups excluding tert-OH is 1. The molecule has 1 saturated heterocycles. The summed E-state index contributed by atoms with van der Waals surface area (Å²) in [6, 6.07) is 2.03. The Bertz CT molecular complexity index is 638. The molecule has 8 heteroatoms. The summed E-state index contributed by atoms with van der Waals surface area (Å²) in [6.45, 7) is 3.97. The second-order valence-electron chi connectivity index (χ2n) is 6.58. The molecule has 1 saturated carbocycles. The summed E-state index contributed by atoms with van der Waals surface area (Å²) >= 11 is 0. The third kappa shape index (κ3) is 4.39. The van der Waals surface area contributed by atoms with Crippen molar-refractivity contribution in [2.75, 3.05) is 49.6 Å². The second-order valence-corrected chi connectivity index (χ2v) is 8.84. The highest BCUT2D eigenvalue weighted by Crippen LogP contribution is 2.36. The van der Waals surface area contributed by atoms with Crippen molar-refractivity contribution in [3.63, 3.8) is 0 Å². The molecule has 128 valence electrons. The van der Waals surface area contributed by atoms with Gasteiger partial charge in [-0.2, -0.15) is 0 Å². The average Bonchev–Trinajstić information content (AvgIpc) is 2.50. The predicted molar refractivity (Wildman–Crippen MR) is 88.4 cm³/mol. The average molecular weight is 340 g/mol. The molecule has 0 radical (unpaired) electrons. The van der Waals surface area contributed by atoms with E-state index in [4.69, 9.17) is 0 Å². The fraction of sp³-hybridized carbons (Fsp3) is 0.733. The van der Waals surface area contributed by atoms with Crippen molar-refractivity contribution in [2.24, 2.45) is 0 Å². The third-order valence-electron chi connectivity index (χ3n) is 4.68. The molecule has 0 spiro atoms. The van der Waals surface area contributed by atoms with E-state index < -0.39 is 9.84 Å². The second kappa shape index (κ2) is 6.70. The normalized spacial score (nSPS) is 26.1. The van der Waals surface area contributed by atoms with Crippen molar-refractivity contribution < 1.29 is 13.5 Å². The van der Waals surface area contributed by atoms with Gasteiger partial charge in [-0.25, -0.2) is 18.4 Å². The van der Waals surface area contributed by atoms with Crippen LogP contribution in [0.5, 0.6) is 0 Å². The Morgan fingerprint density at radius 2 is 1.91 bits per heavy atom. The fourth-order valence-corrected chi connectivity index (χ4v) is 3.67. The lowest BCUT2D eigenvalue weighted by Gasteiger charge is -2.36. The highest BCUT2D eigenvalue weighted by Gasteiger charge is 2.30. The van der Waals surface area contributed by atoms with Crippen LogP contribution in [0.1, 0.15) is 24.5 Å². The molecule has 0 atom stereocenters. The zero-order valence-electron chi connectivity index (χ0n) is 13.4. The third-order valence-corrected chi connectivity index (χ3v) is 5.60. The Hall–Kier alpha value is -1.25. The fourth-order valence-electron chi connectivity index (χ4n) is 3.08. The number of hydrogen-bond acceptors (Lipinski definition) is 7. The van der Waals surface area contributed by atoms with E-state index in [2.05, 4.69) is 19.8 Å². The highest BCUT2D eigenvalue weighted by molar-refractivity contribution is 7.90. The van der Waals surface area contributed by atoms with Gasteiger partial charge >= 0.3 is 0 Å². The van der Waals surface area contributed by atoms with Crippen LogP contribution in [0.2, 0.25) is 0 Å². The lowest BCUT2D eigenvalue weighted by Crippen LogP contribution is -2.48. The molecule has 1 N–H and O–H groups in total. The summed E-state index contributed by atoms with van der Waals surface area (Å²) in [5.74, 6) is 1.50. The summed E-state index contributed by atoms with van der Waals surface area (Å²) in [6.07, 6.45) is 4.27. The monoisotopic (exact) mass is 340 g/mol. The van der Waals surface area contributed by atoms with Gasteiger partial charge in [0, 0.05) is 56.7 Å². The molecule has 0 amide bonds. The molecule has 2 aliphatic rings. The van der Waals surface area contributed by atoms with Crippen LogP contribution in [0.15, 0.2) is 12.4 Å². The molecular formula is C15H24N4O3S. The number of piperazine rings is 1. The highest BCUT2D eigenvalue weighted by atomic mass is 32.2. The van der Waals surface area contributed by atoms with E-state index in [1.54, 1.807) is 6.33 Å². The summed E-state index contributed by atoms with van der Waals surface area (Å²) < 4.78 is 22.5. The zero-order valence-corrected chi connectivity index (χ0v) is 14.2. The van der Waals surface area contributed by atoms with E-state index in [0.717, 1.165) is 50.5 Å². The Balaban J connectivity index is 1.54. The van der Waals surface area contributed by atoms with Gasteiger partial charge in [0.15, 0.2) is 0 Å². The van der Waals surface area contributed by atoms with E-state index in [1.165, 1.54) is 6.26 Å². The number of aromatic nitrogens is 2. The maximum atomic E-state index is 11.2. The smallest absolute Gasteiger partial charge is 0.148 e. The lowest BCUT2D eigenvalue weighted by molar-refractivity contribution is 0.0732. The van der Waals surface area contributed by atoms with Gasteiger partial charge in [0.1, 0.15) is 22.0 Å². The first-order valence-electron chi connectivity index (χ1n) is 8.06. The van der Waals surface area contributed by atoms with Crippen LogP contribution < -0.4 is 4.90 Å². The van der Waals surface area contributed by atoms with E-state index in [-0.39, 0.29) is 11.9 Å². The number of nitrogens with zero attached hydrogens (tertiary/aromatic N) is 4. The quantitative estimate of drug-likeness (QED) is 0.800. The zero-order chi connectivity index (χ0) is 16.4. The molecule has 0 bridgehead atoms. The standard InChI is InChI=1S/C15H24N4O3S/c1-23(21,22)7-6-18-2-4-19(5-3-18)15-10-14(16-11-17-15)12-8-13(20)9-12/h10-13,20H,2-9H2,1H3. The van der Waals surface area contributed by atoms with Crippen LogP contribution in [-0.4, -0.2) is 79.2 Å². The minimum absolute atomic E-state index is 0.184. The topological polar surface area (TPSA) is 86.6 Å². The van der Waals surface area contributed by atoms with E-state index >= 15 is 0 Å². The molecule has 0 aromatic carbocycles. The van der Waals surface area contributed by atoms with Gasteiger partial charge in [0.05, 0.1) is 11.9 Å². The number of rotatable bonds is 5. The lowest BCUT2D eigenvalue weighted by atomic mass is 9.80. The number of sulfone groups is 1. The molecule has 2 fully saturated rings. The summed E-state index contributed by atoms with van der Waals surface area (Å²) in [7, 11) is -2.90. The number of hydrogen-bond donors (Lipinski definition) is 1. The largest absolute Gasteiger partial charge is 0.393 e. The number of anilines is 1. The van der Waals surface area contributed by atoms with Crippen LogP contribution in [0, 0.1) is 0 Å². The molecule has 1 aromatic heterocycles. The van der Waals surface area contributed by atoms with Crippen molar-refractivity contribution in [1.82, 2.24) is 14.9 Å². The van der Waals surface area contributed by atoms with Crippen LogP contribution in [0.3, 0.4) is 0 Å². The van der Waals surface area contributed by atoms with Crippen LogP contribution >= 0.6 is 0 Å². The van der Waals surface area contributed by atoms with E-state index in [1.807, 2.05) is 6.07 Å². The minimum atomic E-state index is -2.90. The van der Waals surface area contributed by atoms with Gasteiger partial charge in [-0.1, -0.05) is 0 Å². The molecule has 2 heterocycles. The van der Waals surface area contributed by atoms with Gasteiger partial charge in [-0.05, 0) is 12.8 Å². The Morgan fingerprint density at radius 3 is 2.52 bits per heavy atom. The summed E-state index contributed by atoms with van der Waals surface area (Å²) in [5.41, 5.74) is 1.01. The molecule has 3 rings (SSSR count). The van der Waals surface area contributed by atoms with Gasteiger partial charge < -0.3 is 10.0 Å². The SMILES string of the molecule is CS(=O)(=O)CCN1CCN(c2cc(C3CC(O)C3)ncn2)CC1. The molecule has 0 unspecified atom stereocenters. The van der Waals surface area contributed by atoms with Gasteiger partial charge in [0.2, 0.25) is 0 Å². The Morgan fingerprint density at radius 1 is 1.22 bits per heavy atom. The van der Waals surface area contributed by atoms with Crippen molar-refractivity contribution in [2.45, 2.75) is 24.9 Å². The van der Waals surface area contributed by atoms with Crippen LogP contribution in [-0.2, 0) is 9.84 Å². The van der Waals surface area contributed by atoms with E-state index in [0.29, 0.717) is 12.5 Å². The minimum Gasteiger partial charge on any atom is -0.393 e. The Labute approximate surface area is 137 Å². The van der Waals surface area contributed by atoms with Crippen molar-refractivity contribution in [3.8, 4) is 0 Å². The van der Waals surface area contributed by atoms with Gasteiger partial charge in [0.25, 0.3) is 0 Å². The molecular weight excluding hydrogens is 316 g/mol. The molecule has 23 heavy (non-hydrogen) atoms. The first-order valence-corrected chi connectivity index (χ1v) is 10.1. The van der Waals surface area contributed by atoms with Gasteiger partial charge in [-0.3, -0.25) is 4.90 Å². The maximum absolute atomic E-state index is 11.2. The molecule has 1 aromatic rings.